The second kappa shape index (κ2) is 11.6. The quantitative estimate of drug-likeness (QED) is 0.495. The van der Waals surface area contributed by atoms with E-state index in [9.17, 15) is 14.4 Å². The lowest BCUT2D eigenvalue weighted by atomic mass is 10.0. The molecule has 3 amide bonds. The third-order valence-corrected chi connectivity index (χ3v) is 5.73. The zero-order valence-corrected chi connectivity index (χ0v) is 20.3. The van der Waals surface area contributed by atoms with Gasteiger partial charge in [-0.25, -0.2) is 19.6 Å². The smallest absolute Gasteiger partial charge is 0.342 e. The van der Waals surface area contributed by atoms with E-state index in [0.29, 0.717) is 43.3 Å². The van der Waals surface area contributed by atoms with E-state index < -0.39 is 5.97 Å². The number of amides is 3. The predicted octanol–water partition coefficient (Wildman–Crippen LogP) is 3.28. The van der Waals surface area contributed by atoms with E-state index in [-0.39, 0.29) is 35.8 Å². The average Bonchev–Trinajstić information content (AvgIpc) is 2.83. The molecular weight excluding hydrogens is 434 g/mol. The van der Waals surface area contributed by atoms with Gasteiger partial charge in [0, 0.05) is 37.8 Å². The first-order valence-corrected chi connectivity index (χ1v) is 11.8. The molecule has 2 heterocycles. The second-order valence-corrected chi connectivity index (χ2v) is 8.31. The van der Waals surface area contributed by atoms with Crippen LogP contribution in [0.5, 0.6) is 0 Å². The lowest BCUT2D eigenvalue weighted by molar-refractivity contribution is 0.0503. The largest absolute Gasteiger partial charge is 0.462 e. The standard InChI is InChI=1S/C25H33N5O4/c1-5-7-13-26-25(33)30-15-14-29(16-17(30)3)23(31)22-20(24(32)34-6-2)21(27-18(4)28-22)19-11-9-8-10-12-19/h8-12,17H,5-7,13-16H2,1-4H3,(H,26,33). The highest BCUT2D eigenvalue weighted by molar-refractivity contribution is 6.07. The van der Waals surface area contributed by atoms with Gasteiger partial charge in [-0.05, 0) is 27.2 Å². The Morgan fingerprint density at radius 2 is 1.85 bits per heavy atom. The van der Waals surface area contributed by atoms with Crippen molar-refractivity contribution in [2.24, 2.45) is 0 Å². The van der Waals surface area contributed by atoms with Gasteiger partial charge in [-0.3, -0.25) is 4.79 Å². The van der Waals surface area contributed by atoms with Gasteiger partial charge >= 0.3 is 12.0 Å². The summed E-state index contributed by atoms with van der Waals surface area (Å²) in [5.74, 6) is -0.618. The topological polar surface area (TPSA) is 105 Å². The lowest BCUT2D eigenvalue weighted by Gasteiger charge is -2.39. The van der Waals surface area contributed by atoms with Crippen LogP contribution in [-0.2, 0) is 4.74 Å². The van der Waals surface area contributed by atoms with Crippen molar-refractivity contribution >= 4 is 17.9 Å². The number of benzene rings is 1. The van der Waals surface area contributed by atoms with E-state index in [1.807, 2.05) is 37.3 Å². The zero-order valence-electron chi connectivity index (χ0n) is 20.3. The van der Waals surface area contributed by atoms with Crippen molar-refractivity contribution < 1.29 is 19.1 Å². The normalized spacial score (nSPS) is 15.7. The number of aryl methyl sites for hydroxylation is 1. The predicted molar refractivity (Wildman–Crippen MR) is 129 cm³/mol. The zero-order chi connectivity index (χ0) is 24.7. The fraction of sp³-hybridized carbons (Fsp3) is 0.480. The van der Waals surface area contributed by atoms with Crippen LogP contribution in [0, 0.1) is 6.92 Å². The van der Waals surface area contributed by atoms with Gasteiger partial charge in [-0.15, -0.1) is 0 Å². The Morgan fingerprint density at radius 3 is 2.50 bits per heavy atom. The van der Waals surface area contributed by atoms with Crippen molar-refractivity contribution in [1.82, 2.24) is 25.1 Å². The molecular formula is C25H33N5O4. The van der Waals surface area contributed by atoms with Gasteiger partial charge in [0.2, 0.25) is 0 Å². The molecule has 1 unspecified atom stereocenters. The molecule has 1 N–H and O–H groups in total. The molecule has 3 rings (SSSR count). The van der Waals surface area contributed by atoms with Crippen LogP contribution in [0.3, 0.4) is 0 Å². The maximum absolute atomic E-state index is 13.6. The van der Waals surface area contributed by atoms with Crippen molar-refractivity contribution in [3.8, 4) is 11.3 Å². The summed E-state index contributed by atoms with van der Waals surface area (Å²) in [6.45, 7) is 9.26. The Balaban J connectivity index is 1.89. The van der Waals surface area contributed by atoms with Gasteiger partial charge in [-0.1, -0.05) is 43.7 Å². The van der Waals surface area contributed by atoms with E-state index in [2.05, 4.69) is 22.2 Å². The number of hydrogen-bond acceptors (Lipinski definition) is 6. The number of piperazine rings is 1. The number of rotatable bonds is 7. The molecule has 1 atom stereocenters. The van der Waals surface area contributed by atoms with Crippen molar-refractivity contribution in [3.05, 3.63) is 47.4 Å². The summed E-state index contributed by atoms with van der Waals surface area (Å²) in [6, 6.07) is 8.91. The highest BCUT2D eigenvalue weighted by Crippen LogP contribution is 2.26. The number of carbonyl (C=O) groups excluding carboxylic acids is 3. The Hall–Kier alpha value is -3.49. The summed E-state index contributed by atoms with van der Waals surface area (Å²) in [5.41, 5.74) is 1.16. The second-order valence-electron chi connectivity index (χ2n) is 8.31. The summed E-state index contributed by atoms with van der Waals surface area (Å²) in [6.07, 6.45) is 1.93. The molecule has 0 saturated carbocycles. The fourth-order valence-electron chi connectivity index (χ4n) is 4.00. The molecule has 1 aromatic heterocycles. The molecule has 0 spiro atoms. The molecule has 0 bridgehead atoms. The third-order valence-electron chi connectivity index (χ3n) is 5.73. The minimum atomic E-state index is -0.633. The van der Waals surface area contributed by atoms with Crippen LogP contribution >= 0.6 is 0 Å². The van der Waals surface area contributed by atoms with Crippen molar-refractivity contribution in [1.29, 1.82) is 0 Å². The molecule has 34 heavy (non-hydrogen) atoms. The summed E-state index contributed by atoms with van der Waals surface area (Å²) < 4.78 is 5.27. The monoisotopic (exact) mass is 467 g/mol. The molecule has 9 heteroatoms. The molecule has 1 aliphatic heterocycles. The van der Waals surface area contributed by atoms with Crippen LogP contribution in [0.4, 0.5) is 4.79 Å². The van der Waals surface area contributed by atoms with E-state index in [4.69, 9.17) is 4.74 Å². The maximum atomic E-state index is 13.6. The third kappa shape index (κ3) is 5.70. The molecule has 2 aromatic rings. The molecule has 0 radical (unpaired) electrons. The summed E-state index contributed by atoms with van der Waals surface area (Å²) >= 11 is 0. The highest BCUT2D eigenvalue weighted by atomic mass is 16.5. The molecule has 9 nitrogen and oxygen atoms in total. The first-order chi connectivity index (χ1) is 16.4. The summed E-state index contributed by atoms with van der Waals surface area (Å²) in [7, 11) is 0. The number of nitrogens with zero attached hydrogens (tertiary/aromatic N) is 4. The minimum Gasteiger partial charge on any atom is -0.462 e. The number of carbonyl (C=O) groups is 3. The van der Waals surface area contributed by atoms with E-state index >= 15 is 0 Å². The number of nitrogens with one attached hydrogen (secondary N) is 1. The van der Waals surface area contributed by atoms with Crippen LogP contribution in [-0.4, -0.2) is 76.5 Å². The SMILES string of the molecule is CCCCNC(=O)N1CCN(C(=O)c2nc(C)nc(-c3ccccc3)c2C(=O)OCC)CC1C. The fourth-order valence-corrected chi connectivity index (χ4v) is 4.00. The number of urea groups is 1. The van der Waals surface area contributed by atoms with Crippen LogP contribution in [0.25, 0.3) is 11.3 Å². The number of aromatic nitrogens is 2. The molecule has 1 saturated heterocycles. The number of ether oxygens (including phenoxy) is 1. The Morgan fingerprint density at radius 1 is 1.12 bits per heavy atom. The Kier molecular flexibility index (Phi) is 8.56. The molecule has 1 aliphatic rings. The van der Waals surface area contributed by atoms with Gasteiger partial charge in [0.25, 0.3) is 5.91 Å². The first-order valence-electron chi connectivity index (χ1n) is 11.8. The van der Waals surface area contributed by atoms with Gasteiger partial charge < -0.3 is 19.9 Å². The van der Waals surface area contributed by atoms with Crippen LogP contribution in [0.1, 0.15) is 60.3 Å². The number of hydrogen-bond donors (Lipinski definition) is 1. The van der Waals surface area contributed by atoms with E-state index in [0.717, 1.165) is 12.8 Å². The van der Waals surface area contributed by atoms with Gasteiger partial charge in [-0.2, -0.15) is 0 Å². The molecule has 0 aliphatic carbocycles. The first kappa shape index (κ1) is 25.1. The van der Waals surface area contributed by atoms with Crippen molar-refractivity contribution in [3.63, 3.8) is 0 Å². The summed E-state index contributed by atoms with van der Waals surface area (Å²) in [5, 5.41) is 2.93. The van der Waals surface area contributed by atoms with Crippen LogP contribution < -0.4 is 5.32 Å². The van der Waals surface area contributed by atoms with Crippen LogP contribution in [0.15, 0.2) is 30.3 Å². The Bertz CT molecular complexity index is 1030. The molecule has 1 aromatic carbocycles. The Labute approximate surface area is 200 Å². The maximum Gasteiger partial charge on any atom is 0.342 e. The molecule has 182 valence electrons. The molecule has 1 fully saturated rings. The van der Waals surface area contributed by atoms with Crippen molar-refractivity contribution in [2.75, 3.05) is 32.8 Å². The average molecular weight is 468 g/mol. The number of esters is 1. The van der Waals surface area contributed by atoms with Gasteiger partial charge in [0.15, 0.2) is 0 Å². The van der Waals surface area contributed by atoms with E-state index in [1.165, 1.54) is 0 Å². The summed E-state index contributed by atoms with van der Waals surface area (Å²) in [4.78, 5) is 51.3. The van der Waals surface area contributed by atoms with Gasteiger partial charge in [0.05, 0.1) is 12.3 Å². The van der Waals surface area contributed by atoms with Crippen LogP contribution in [0.2, 0.25) is 0 Å². The highest BCUT2D eigenvalue weighted by Gasteiger charge is 2.34. The van der Waals surface area contributed by atoms with Gasteiger partial charge in [0.1, 0.15) is 17.1 Å². The van der Waals surface area contributed by atoms with E-state index in [1.54, 1.807) is 23.6 Å². The minimum absolute atomic E-state index is 0.0258. The lowest BCUT2D eigenvalue weighted by Crippen LogP contribution is -2.57. The van der Waals surface area contributed by atoms with Crippen molar-refractivity contribution in [2.45, 2.75) is 46.6 Å². The number of unbranched alkanes of at least 4 members (excludes halogenated alkanes) is 1.